The van der Waals surface area contributed by atoms with Crippen molar-refractivity contribution in [3.05, 3.63) is 0 Å². The molecule has 0 rings (SSSR count). The van der Waals surface area contributed by atoms with Crippen LogP contribution in [0.3, 0.4) is 0 Å². The van der Waals surface area contributed by atoms with Gasteiger partial charge in [0.15, 0.2) is 12.7 Å². The molecule has 1 amide bonds. The minimum absolute atomic E-state index is 0.944. The van der Waals surface area contributed by atoms with E-state index in [-0.39, 0.29) is 0 Å². The molecule has 0 aliphatic rings. The Kier molecular flexibility index (Phi) is 28.0. The van der Waals surface area contributed by atoms with Crippen molar-refractivity contribution in [1.82, 2.24) is 0 Å². The minimum atomic E-state index is -1.33. The maximum Gasteiger partial charge on any atom is 0.402 e. The number of amides is 1. The fourth-order valence-electron chi connectivity index (χ4n) is 0.0667. The largest absolute Gasteiger partial charge is 0.465 e. The van der Waals surface area contributed by atoms with E-state index in [9.17, 15) is 0 Å². The molecular weight excluding hydrogens is 194 g/mol. The van der Waals surface area contributed by atoms with Gasteiger partial charge in [-0.1, -0.05) is 0 Å². The van der Waals surface area contributed by atoms with Crippen LogP contribution in [0.15, 0.2) is 20.4 Å². The molecule has 0 atom stereocenters. The lowest BCUT2D eigenvalue weighted by Gasteiger charge is -1.61. The zero-order valence-corrected chi connectivity index (χ0v) is 7.03. The Balaban J connectivity index is -0.000000131. The minimum Gasteiger partial charge on any atom is -0.465 e. The number of nitrogens with one attached hydrogen (secondary N) is 2. The first-order valence-electron chi connectivity index (χ1n) is 2.71. The number of nitrogens with two attached hydrogens (primary N) is 3. The Morgan fingerprint density at radius 3 is 1.36 bits per heavy atom. The van der Waals surface area contributed by atoms with Gasteiger partial charge in [-0.05, 0) is 0 Å². The summed E-state index contributed by atoms with van der Waals surface area (Å²) in [5.41, 5.74) is 16.0. The standard InChI is InChI=1S/2CH4N4.CH3NO2/c2*2-4-1-5-3;2-1(3)4/h2*1-2H,3H2;2H2,(H,3,4). The third-order valence-electron chi connectivity index (χ3n) is 0.249. The van der Waals surface area contributed by atoms with Crippen LogP contribution in [0, 0.1) is 11.1 Å². The van der Waals surface area contributed by atoms with E-state index in [1.54, 1.807) is 0 Å². The lowest BCUT2D eigenvalue weighted by Crippen LogP contribution is -2.03. The van der Waals surface area contributed by atoms with Gasteiger partial charge in [-0.25, -0.2) is 15.9 Å². The van der Waals surface area contributed by atoms with Gasteiger partial charge in [-0.3, -0.25) is 0 Å². The van der Waals surface area contributed by atoms with Gasteiger partial charge in [-0.15, -0.1) is 10.2 Å². The van der Waals surface area contributed by atoms with Crippen molar-refractivity contribution in [3.8, 4) is 0 Å². The van der Waals surface area contributed by atoms with E-state index in [1.807, 2.05) is 0 Å². The number of nitrogens with zero attached hydrogens (tertiary/aromatic N) is 4. The highest BCUT2D eigenvalue weighted by molar-refractivity contribution is 5.61. The molecule has 11 nitrogen and oxygen atoms in total. The van der Waals surface area contributed by atoms with Crippen molar-refractivity contribution in [2.24, 2.45) is 37.9 Å². The maximum atomic E-state index is 8.78. The van der Waals surface area contributed by atoms with Gasteiger partial charge in [0.2, 0.25) is 0 Å². The second-order valence-corrected chi connectivity index (χ2v) is 1.13. The van der Waals surface area contributed by atoms with Crippen LogP contribution in [0.2, 0.25) is 0 Å². The van der Waals surface area contributed by atoms with Crippen LogP contribution in [0.4, 0.5) is 4.79 Å². The number of hydrogen-bond donors (Lipinski definition) is 6. The highest BCUT2D eigenvalue weighted by Gasteiger charge is 1.65. The summed E-state index contributed by atoms with van der Waals surface area (Å²) in [5.74, 6) is 8.99. The lowest BCUT2D eigenvalue weighted by atomic mass is 11.3. The van der Waals surface area contributed by atoms with Crippen LogP contribution in [0.5, 0.6) is 0 Å². The molecule has 0 aromatic heterocycles. The number of hydrazone groups is 2. The van der Waals surface area contributed by atoms with Crippen molar-refractivity contribution in [2.45, 2.75) is 0 Å². The second kappa shape index (κ2) is 22.4. The number of carboxylic acid groups (broad SMARTS) is 1. The van der Waals surface area contributed by atoms with Gasteiger partial charge in [0, 0.05) is 0 Å². The second-order valence-electron chi connectivity index (χ2n) is 1.13. The van der Waals surface area contributed by atoms with Crippen molar-refractivity contribution in [3.63, 3.8) is 0 Å². The zero-order chi connectivity index (χ0) is 11.8. The molecule has 0 fully saturated rings. The molecule has 0 bridgehead atoms. The number of primary amides is 1. The van der Waals surface area contributed by atoms with E-state index in [0.717, 1.165) is 12.7 Å². The Bertz CT molecular complexity index is 178. The summed E-state index contributed by atoms with van der Waals surface area (Å²) in [5, 5.41) is 18.3. The van der Waals surface area contributed by atoms with Gasteiger partial charge < -0.3 is 22.5 Å². The molecule has 0 unspecified atom stereocenters. The molecule has 0 aliphatic carbocycles. The molecular formula is C3H11N9O2. The van der Waals surface area contributed by atoms with E-state index in [2.05, 4.69) is 37.9 Å². The average molecular weight is 205 g/mol. The van der Waals surface area contributed by atoms with Gasteiger partial charge in [0.1, 0.15) is 0 Å². The first kappa shape index (κ1) is 17.5. The molecule has 0 aliphatic heterocycles. The van der Waals surface area contributed by atoms with Crippen molar-refractivity contribution in [1.29, 1.82) is 11.1 Å². The third kappa shape index (κ3) is 335. The van der Waals surface area contributed by atoms with Crippen molar-refractivity contribution >= 4 is 18.8 Å². The summed E-state index contributed by atoms with van der Waals surface area (Å²) < 4.78 is 0. The van der Waals surface area contributed by atoms with Gasteiger partial charge in [0.25, 0.3) is 0 Å². The SMILES string of the molecule is N=NC=NN.N=NC=NN.NC(=O)O. The number of rotatable bonds is 2. The first-order chi connectivity index (χ1) is 6.56. The lowest BCUT2D eigenvalue weighted by molar-refractivity contribution is 0.205. The Labute approximate surface area is 78.7 Å². The molecule has 80 valence electrons. The molecule has 0 saturated heterocycles. The fourth-order valence-corrected chi connectivity index (χ4v) is 0.0667. The van der Waals surface area contributed by atoms with Crippen LogP contribution >= 0.6 is 0 Å². The van der Waals surface area contributed by atoms with Gasteiger partial charge in [-0.2, -0.15) is 10.2 Å². The van der Waals surface area contributed by atoms with Crippen LogP contribution in [-0.4, -0.2) is 23.9 Å². The quantitative estimate of drug-likeness (QED) is 0.115. The van der Waals surface area contributed by atoms with E-state index < -0.39 is 6.09 Å². The van der Waals surface area contributed by atoms with E-state index in [4.69, 9.17) is 21.0 Å². The highest BCUT2D eigenvalue weighted by atomic mass is 16.4. The zero-order valence-electron chi connectivity index (χ0n) is 7.03. The molecule has 14 heavy (non-hydrogen) atoms. The van der Waals surface area contributed by atoms with E-state index >= 15 is 0 Å². The topological polar surface area (TPSA) is 212 Å². The molecule has 0 aromatic carbocycles. The normalized spacial score (nSPS) is 8.00. The van der Waals surface area contributed by atoms with Crippen molar-refractivity contribution < 1.29 is 9.90 Å². The Morgan fingerprint density at radius 2 is 1.36 bits per heavy atom. The molecule has 9 N–H and O–H groups in total. The Hall–Kier alpha value is -2.59. The van der Waals surface area contributed by atoms with Crippen LogP contribution in [-0.2, 0) is 0 Å². The maximum absolute atomic E-state index is 8.78. The molecule has 0 spiro atoms. The van der Waals surface area contributed by atoms with Crippen molar-refractivity contribution in [2.75, 3.05) is 0 Å². The smallest absolute Gasteiger partial charge is 0.402 e. The summed E-state index contributed by atoms with van der Waals surface area (Å²) in [6.07, 6.45) is 0.556. The van der Waals surface area contributed by atoms with Crippen LogP contribution in [0.25, 0.3) is 0 Å². The summed E-state index contributed by atoms with van der Waals surface area (Å²) in [4.78, 5) is 8.78. The van der Waals surface area contributed by atoms with Crippen LogP contribution < -0.4 is 17.4 Å². The summed E-state index contributed by atoms with van der Waals surface area (Å²) >= 11 is 0. The molecule has 0 radical (unpaired) electrons. The van der Waals surface area contributed by atoms with Gasteiger partial charge >= 0.3 is 6.09 Å². The summed E-state index contributed by atoms with van der Waals surface area (Å²) in [7, 11) is 0. The summed E-state index contributed by atoms with van der Waals surface area (Å²) in [6, 6.07) is 0. The molecule has 0 heterocycles. The predicted molar refractivity (Wildman–Crippen MR) is 47.9 cm³/mol. The highest BCUT2D eigenvalue weighted by Crippen LogP contribution is 1.45. The predicted octanol–water partition coefficient (Wildman–Crippen LogP) is -0.538. The third-order valence-corrected chi connectivity index (χ3v) is 0.249. The first-order valence-corrected chi connectivity index (χ1v) is 2.71. The molecule has 11 heteroatoms. The average Bonchev–Trinajstić information content (AvgIpc) is 2.07. The number of carbonyl (C=O) groups is 1. The monoisotopic (exact) mass is 205 g/mol. The van der Waals surface area contributed by atoms with Gasteiger partial charge in [0.05, 0.1) is 0 Å². The van der Waals surface area contributed by atoms with E-state index in [0.29, 0.717) is 0 Å². The van der Waals surface area contributed by atoms with E-state index in [1.165, 1.54) is 0 Å². The molecule has 0 saturated carbocycles. The summed E-state index contributed by atoms with van der Waals surface area (Å²) in [6.45, 7) is 0. The molecule has 0 aromatic rings. The van der Waals surface area contributed by atoms with Crippen LogP contribution in [0.1, 0.15) is 0 Å². The Morgan fingerprint density at radius 1 is 1.14 bits per heavy atom. The number of hydrogen-bond acceptors (Lipinski definition) is 7. The fraction of sp³-hybridized carbons (Fsp3) is 0.